The molecule has 10 atom stereocenters. The molecule has 2 bridgehead atoms. The fourth-order valence-corrected chi connectivity index (χ4v) is 10.4. The van der Waals surface area contributed by atoms with Gasteiger partial charge in [-0.1, -0.05) is 49.7 Å². The van der Waals surface area contributed by atoms with Crippen LogP contribution in [0.15, 0.2) is 48.5 Å². The average Bonchev–Trinajstić information content (AvgIpc) is 3.68. The first-order chi connectivity index (χ1) is 35.7. The molecule has 19 nitrogen and oxygen atoms in total. The Morgan fingerprint density at radius 1 is 0.649 bits per heavy atom. The molecule has 0 spiro atoms. The minimum absolute atomic E-state index is 0.0987. The summed E-state index contributed by atoms with van der Waals surface area (Å²) in [6.45, 7) is 27.4. The molecule has 1 saturated heterocycles. The van der Waals surface area contributed by atoms with Gasteiger partial charge in [0.1, 0.15) is 35.4 Å². The van der Waals surface area contributed by atoms with E-state index in [4.69, 9.17) is 35.1 Å². The van der Waals surface area contributed by atoms with Crippen molar-refractivity contribution < 1.29 is 57.1 Å². The van der Waals surface area contributed by atoms with Crippen LogP contribution in [0.25, 0.3) is 11.1 Å². The molecule has 4 aliphatic rings. The third-order valence-electron chi connectivity index (χ3n) is 14.4. The van der Waals surface area contributed by atoms with Crippen LogP contribution in [0.3, 0.4) is 0 Å². The van der Waals surface area contributed by atoms with E-state index in [2.05, 4.69) is 58.0 Å². The van der Waals surface area contributed by atoms with Crippen LogP contribution in [0.4, 0.5) is 9.59 Å². The van der Waals surface area contributed by atoms with Crippen molar-refractivity contribution in [3.05, 3.63) is 59.1 Å². The highest BCUT2D eigenvalue weighted by Gasteiger charge is 2.68. The Morgan fingerprint density at radius 3 is 1.75 bits per heavy atom. The third-order valence-corrected chi connectivity index (χ3v) is 14.6. The zero-order valence-electron chi connectivity index (χ0n) is 47.8. The lowest BCUT2D eigenvalue weighted by Crippen LogP contribution is -2.65. The maximum Gasteiger partial charge on any atom is 0.481 e. The normalized spacial score (nSPS) is 22.0. The van der Waals surface area contributed by atoms with Crippen molar-refractivity contribution >= 4 is 60.4 Å². The van der Waals surface area contributed by atoms with Crippen LogP contribution in [0.1, 0.15) is 153 Å². The van der Waals surface area contributed by atoms with Gasteiger partial charge in [0.15, 0.2) is 0 Å². The predicted octanol–water partition coefficient (Wildman–Crippen LogP) is 7.17. The number of nitrogens with one attached hydrogen (secondary N) is 7. The molecule has 77 heavy (non-hydrogen) atoms. The quantitative estimate of drug-likeness (QED) is 0.0458. The second kappa shape index (κ2) is 25.6. The first kappa shape index (κ1) is 62.4. The molecule has 6 rings (SSSR count). The van der Waals surface area contributed by atoms with Crippen molar-refractivity contribution in [1.82, 2.24) is 37.2 Å². The van der Waals surface area contributed by atoms with Crippen LogP contribution in [0.2, 0.25) is 5.02 Å². The molecule has 21 heteroatoms. The molecule has 2 aromatic carbocycles. The summed E-state index contributed by atoms with van der Waals surface area (Å²) in [6, 6.07) is 8.93. The summed E-state index contributed by atoms with van der Waals surface area (Å²) < 4.78 is 30.0. The molecule has 3 saturated carbocycles. The van der Waals surface area contributed by atoms with E-state index >= 15 is 0 Å². The number of hydrogen-bond acceptors (Lipinski definition) is 12. The molecule has 1 aliphatic heterocycles. The maximum absolute atomic E-state index is 14.4. The first-order valence-electron chi connectivity index (χ1n) is 27.0. The van der Waals surface area contributed by atoms with E-state index in [9.17, 15) is 33.6 Å². The van der Waals surface area contributed by atoms with E-state index in [-0.39, 0.29) is 43.0 Å². The molecule has 10 unspecified atom stereocenters. The number of carbonyl (C=O) groups excluding carboxylic acids is 7. The summed E-state index contributed by atoms with van der Waals surface area (Å²) >= 11 is 6.08. The van der Waals surface area contributed by atoms with Crippen LogP contribution in [0, 0.1) is 17.3 Å². The van der Waals surface area contributed by atoms with Gasteiger partial charge in [-0.05, 0) is 181 Å². The number of ether oxygens (including phenoxy) is 3. The molecule has 2 aromatic rings. The Labute approximate surface area is 460 Å². The molecule has 7 amide bonds. The van der Waals surface area contributed by atoms with Gasteiger partial charge < -0.3 is 60.7 Å². The van der Waals surface area contributed by atoms with Crippen molar-refractivity contribution in [2.75, 3.05) is 13.1 Å². The van der Waals surface area contributed by atoms with Crippen molar-refractivity contribution in [2.45, 2.75) is 207 Å². The molecule has 7 N–H and O–H groups in total. The van der Waals surface area contributed by atoms with Gasteiger partial charge >= 0.3 is 19.3 Å². The molecule has 0 aromatic heterocycles. The van der Waals surface area contributed by atoms with Crippen LogP contribution in [0.5, 0.6) is 0 Å². The number of rotatable bonds is 22. The number of unbranched alkanes of at least 4 members (excludes halogenated alkanes) is 1. The van der Waals surface area contributed by atoms with Crippen molar-refractivity contribution in [2.24, 2.45) is 17.3 Å². The highest BCUT2D eigenvalue weighted by Crippen LogP contribution is 2.65. The maximum atomic E-state index is 14.4. The molecule has 426 valence electrons. The second-order valence-electron chi connectivity index (χ2n) is 24.6. The summed E-state index contributed by atoms with van der Waals surface area (Å²) in [5, 5.41) is 19.9. The Kier molecular flexibility index (Phi) is 20.7. The van der Waals surface area contributed by atoms with Gasteiger partial charge in [0.25, 0.3) is 5.91 Å². The Morgan fingerprint density at radius 2 is 1.19 bits per heavy atom. The highest BCUT2D eigenvalue weighted by molar-refractivity contribution is 6.47. The van der Waals surface area contributed by atoms with Gasteiger partial charge in [-0.3, -0.25) is 24.0 Å². The molecular formula is C56H85BClN7O12. The topological polar surface area (TPSA) is 250 Å². The lowest BCUT2D eigenvalue weighted by Gasteiger charge is -2.64. The molecule has 0 radical (unpaired) electrons. The summed E-state index contributed by atoms with van der Waals surface area (Å²) in [4.78, 5) is 95.8. The minimum Gasteiger partial charge on any atom is -0.444 e. The lowest BCUT2D eigenvalue weighted by atomic mass is 9.43. The Balaban J connectivity index is 1.30. The van der Waals surface area contributed by atoms with E-state index < -0.39 is 107 Å². The fourth-order valence-electron chi connectivity index (χ4n) is 10.3. The first-order valence-corrected chi connectivity index (χ1v) is 27.4. The molecule has 1 heterocycles. The zero-order chi connectivity index (χ0) is 57.4. The van der Waals surface area contributed by atoms with Crippen molar-refractivity contribution in [3.63, 3.8) is 0 Å². The number of carbonyl (C=O) groups is 7. The van der Waals surface area contributed by atoms with Crippen LogP contribution < -0.4 is 37.2 Å². The SMILES string of the molecule is CC(NC(=O)C(CCCCNC(=O)OC(C)(C)C)NC(=O)C(C)NC(=O)C(NC(=O)C(CCNC(=O)OC(C)(C)C)NC(=O)c1ccc(-c2ccc(Cl)cc2)cc1)C(C)OC(C)(C)C)B1OC2CC3CC(C3(C)C)C2(C)O1. The van der Waals surface area contributed by atoms with Crippen LogP contribution in [-0.2, 0) is 42.7 Å². The monoisotopic (exact) mass is 1090 g/mol. The van der Waals surface area contributed by atoms with Crippen molar-refractivity contribution in [3.8, 4) is 11.1 Å². The van der Waals surface area contributed by atoms with Gasteiger partial charge in [0, 0.05) is 23.7 Å². The van der Waals surface area contributed by atoms with Gasteiger partial charge in [0.2, 0.25) is 23.6 Å². The highest BCUT2D eigenvalue weighted by atomic mass is 35.5. The van der Waals surface area contributed by atoms with Gasteiger partial charge in [0.05, 0.1) is 29.4 Å². The average molecular weight is 1090 g/mol. The zero-order valence-corrected chi connectivity index (χ0v) is 48.6. The summed E-state index contributed by atoms with van der Waals surface area (Å²) in [7, 11) is -0.720. The molecular weight excluding hydrogens is 1010 g/mol. The second-order valence-corrected chi connectivity index (χ2v) is 25.0. The molecule has 3 aliphatic carbocycles. The third kappa shape index (κ3) is 17.8. The number of benzene rings is 2. The van der Waals surface area contributed by atoms with Crippen LogP contribution in [-0.4, -0.2) is 127 Å². The van der Waals surface area contributed by atoms with Gasteiger partial charge in [-0.25, -0.2) is 9.59 Å². The van der Waals surface area contributed by atoms with E-state index in [1.807, 2.05) is 12.1 Å². The number of alkyl carbamates (subject to hydrolysis) is 2. The molecule has 4 fully saturated rings. The predicted molar refractivity (Wildman–Crippen MR) is 295 cm³/mol. The lowest BCUT2D eigenvalue weighted by molar-refractivity contribution is -0.199. The van der Waals surface area contributed by atoms with E-state index in [1.165, 1.54) is 6.92 Å². The number of halogens is 1. The smallest absolute Gasteiger partial charge is 0.444 e. The summed E-state index contributed by atoms with van der Waals surface area (Å²) in [5.41, 5.74) is -0.710. The van der Waals surface area contributed by atoms with E-state index in [0.29, 0.717) is 29.7 Å². The fraction of sp³-hybridized carbons (Fsp3) is 0.661. The largest absolute Gasteiger partial charge is 0.481 e. The van der Waals surface area contributed by atoms with Crippen molar-refractivity contribution in [1.29, 1.82) is 0 Å². The number of amides is 7. The van der Waals surface area contributed by atoms with E-state index in [0.717, 1.165) is 24.0 Å². The van der Waals surface area contributed by atoms with E-state index in [1.54, 1.807) is 113 Å². The van der Waals surface area contributed by atoms with Crippen LogP contribution >= 0.6 is 11.6 Å². The minimum atomic E-state index is -1.42. The standard InChI is InChI=1S/C56H85BClN7O12/c1-32(45(66)63-40(18-16-17-28-59-50(71)74-53(7,8)9)47(68)62-34(3)57-76-43-31-38-30-42(55(38,13)14)56(43,15)77-57)61-49(70)44(33(2)73-52(4,5)6)65-48(69)41(27-29-60-51(72)75-54(10,11)12)64-46(67)37-21-19-35(20-22-37)36-23-25-39(58)26-24-36/h19-26,32-34,38,40-44H,16-18,27-31H2,1-15H3,(H,59,71)(H,60,72)(H,61,70)(H,62,68)(H,63,66)(H,64,67)(H,65,69). The summed E-state index contributed by atoms with van der Waals surface area (Å²) in [6.07, 6.45) is 0.458. The van der Waals surface area contributed by atoms with Gasteiger partial charge in [-0.2, -0.15) is 0 Å². The Bertz CT molecular complexity index is 2410. The summed E-state index contributed by atoms with van der Waals surface area (Å²) in [5.74, 6) is -3.10. The van der Waals surface area contributed by atoms with Gasteiger partial charge in [-0.15, -0.1) is 0 Å². The number of hydrogen-bond donors (Lipinski definition) is 7. The Hall–Kier alpha value is -5.44.